The van der Waals surface area contributed by atoms with Crippen LogP contribution in [0.4, 0.5) is 5.95 Å². The molecule has 1 aromatic heterocycles. The Morgan fingerprint density at radius 3 is 3.00 bits per heavy atom. The molecule has 1 N–H and O–H groups in total. The van der Waals surface area contributed by atoms with E-state index in [9.17, 15) is 0 Å². The Bertz CT molecular complexity index is 429. The molecular weight excluding hydrogens is 238 g/mol. The molecule has 0 amide bonds. The Morgan fingerprint density at radius 2 is 2.32 bits per heavy atom. The number of imidazole rings is 1. The predicted molar refractivity (Wildman–Crippen MR) is 76.3 cm³/mol. The fourth-order valence-electron chi connectivity index (χ4n) is 3.80. The summed E-state index contributed by atoms with van der Waals surface area (Å²) in [6, 6.07) is 0.654. The summed E-state index contributed by atoms with van der Waals surface area (Å²) in [5.74, 6) is 2.92. The highest BCUT2D eigenvalue weighted by Crippen LogP contribution is 2.45. The lowest BCUT2D eigenvalue weighted by Crippen LogP contribution is -2.27. The van der Waals surface area contributed by atoms with E-state index in [0.717, 1.165) is 43.1 Å². The van der Waals surface area contributed by atoms with Gasteiger partial charge in [0.2, 0.25) is 5.95 Å². The largest absolute Gasteiger partial charge is 0.385 e. The fraction of sp³-hybridized carbons (Fsp3) is 0.800. The SMILES string of the molecule is COCCCn1cc(C)nc1NC1CC2CCC1C2. The molecule has 4 heteroatoms. The van der Waals surface area contributed by atoms with Crippen molar-refractivity contribution in [3.63, 3.8) is 0 Å². The van der Waals surface area contributed by atoms with Crippen molar-refractivity contribution in [2.45, 2.75) is 51.6 Å². The first-order chi connectivity index (χ1) is 9.26. The lowest BCUT2D eigenvalue weighted by molar-refractivity contribution is 0.190. The van der Waals surface area contributed by atoms with Gasteiger partial charge in [0, 0.05) is 32.5 Å². The minimum absolute atomic E-state index is 0.654. The average molecular weight is 263 g/mol. The molecule has 2 bridgehead atoms. The number of ether oxygens (including phenoxy) is 1. The molecular formula is C15H25N3O. The van der Waals surface area contributed by atoms with E-state index in [-0.39, 0.29) is 0 Å². The molecule has 1 heterocycles. The standard InChI is InChI=1S/C15H25N3O/c1-11-10-18(6-3-7-19-2)15(16-11)17-14-9-12-4-5-13(14)8-12/h10,12-14H,3-9H2,1-2H3,(H,16,17). The van der Waals surface area contributed by atoms with Crippen molar-refractivity contribution in [1.82, 2.24) is 9.55 Å². The van der Waals surface area contributed by atoms with E-state index in [1.807, 2.05) is 0 Å². The number of nitrogens with one attached hydrogen (secondary N) is 1. The number of rotatable bonds is 6. The van der Waals surface area contributed by atoms with Crippen molar-refractivity contribution >= 4 is 5.95 Å². The van der Waals surface area contributed by atoms with Crippen molar-refractivity contribution < 1.29 is 4.74 Å². The molecule has 0 aliphatic heterocycles. The molecule has 0 spiro atoms. The van der Waals surface area contributed by atoms with Gasteiger partial charge in [0.15, 0.2) is 0 Å². The molecule has 1 aromatic rings. The highest BCUT2D eigenvalue weighted by Gasteiger charge is 2.39. The number of aromatic nitrogens is 2. The van der Waals surface area contributed by atoms with E-state index in [2.05, 4.69) is 28.0 Å². The van der Waals surface area contributed by atoms with Gasteiger partial charge in [-0.2, -0.15) is 0 Å². The molecule has 2 aliphatic carbocycles. The van der Waals surface area contributed by atoms with Gasteiger partial charge >= 0.3 is 0 Å². The van der Waals surface area contributed by atoms with Crippen LogP contribution in [-0.2, 0) is 11.3 Å². The van der Waals surface area contributed by atoms with Crippen LogP contribution in [0.5, 0.6) is 0 Å². The van der Waals surface area contributed by atoms with Gasteiger partial charge in [-0.25, -0.2) is 4.98 Å². The van der Waals surface area contributed by atoms with Crippen LogP contribution in [0.1, 0.15) is 37.8 Å². The number of methoxy groups -OCH3 is 1. The summed E-state index contributed by atoms with van der Waals surface area (Å²) in [6.45, 7) is 3.86. The molecule has 4 nitrogen and oxygen atoms in total. The quantitative estimate of drug-likeness (QED) is 0.802. The molecule has 2 fully saturated rings. The van der Waals surface area contributed by atoms with Gasteiger partial charge in [0.1, 0.15) is 0 Å². The van der Waals surface area contributed by atoms with Crippen LogP contribution in [0.25, 0.3) is 0 Å². The number of anilines is 1. The smallest absolute Gasteiger partial charge is 0.203 e. The third-order valence-corrected chi connectivity index (χ3v) is 4.70. The Labute approximate surface area is 115 Å². The van der Waals surface area contributed by atoms with E-state index < -0.39 is 0 Å². The van der Waals surface area contributed by atoms with Gasteiger partial charge in [0.05, 0.1) is 5.69 Å². The number of fused-ring (bicyclic) bond motifs is 2. The third kappa shape index (κ3) is 2.78. The van der Waals surface area contributed by atoms with E-state index in [0.29, 0.717) is 6.04 Å². The maximum absolute atomic E-state index is 5.13. The van der Waals surface area contributed by atoms with Crippen LogP contribution in [-0.4, -0.2) is 29.3 Å². The molecule has 0 radical (unpaired) electrons. The van der Waals surface area contributed by atoms with Crippen LogP contribution >= 0.6 is 0 Å². The summed E-state index contributed by atoms with van der Waals surface area (Å²) in [7, 11) is 1.76. The van der Waals surface area contributed by atoms with Crippen LogP contribution in [0.2, 0.25) is 0 Å². The van der Waals surface area contributed by atoms with Crippen molar-refractivity contribution in [1.29, 1.82) is 0 Å². The maximum Gasteiger partial charge on any atom is 0.203 e. The van der Waals surface area contributed by atoms with Gasteiger partial charge in [-0.05, 0) is 44.4 Å². The van der Waals surface area contributed by atoms with Crippen molar-refractivity contribution in [2.24, 2.45) is 11.8 Å². The maximum atomic E-state index is 5.13. The van der Waals surface area contributed by atoms with Gasteiger partial charge < -0.3 is 14.6 Å². The lowest BCUT2D eigenvalue weighted by atomic mass is 9.95. The first-order valence-electron chi connectivity index (χ1n) is 7.55. The van der Waals surface area contributed by atoms with Gasteiger partial charge in [-0.15, -0.1) is 0 Å². The van der Waals surface area contributed by atoms with Gasteiger partial charge in [0.25, 0.3) is 0 Å². The van der Waals surface area contributed by atoms with E-state index in [1.54, 1.807) is 7.11 Å². The zero-order valence-corrected chi connectivity index (χ0v) is 12.1. The molecule has 19 heavy (non-hydrogen) atoms. The number of hydrogen-bond acceptors (Lipinski definition) is 3. The monoisotopic (exact) mass is 263 g/mol. The highest BCUT2D eigenvalue weighted by atomic mass is 16.5. The molecule has 0 aromatic carbocycles. The van der Waals surface area contributed by atoms with E-state index >= 15 is 0 Å². The summed E-state index contributed by atoms with van der Waals surface area (Å²) in [4.78, 5) is 4.65. The van der Waals surface area contributed by atoms with Gasteiger partial charge in [-0.1, -0.05) is 6.42 Å². The lowest BCUT2D eigenvalue weighted by Gasteiger charge is -2.23. The molecule has 106 valence electrons. The molecule has 2 aliphatic rings. The van der Waals surface area contributed by atoms with Crippen LogP contribution in [0.3, 0.4) is 0 Å². The summed E-state index contributed by atoms with van der Waals surface area (Å²) >= 11 is 0. The Kier molecular flexibility index (Phi) is 3.78. The van der Waals surface area contributed by atoms with Crippen LogP contribution < -0.4 is 5.32 Å². The normalized spacial score (nSPS) is 29.1. The van der Waals surface area contributed by atoms with Crippen molar-refractivity contribution in [3.8, 4) is 0 Å². The zero-order valence-electron chi connectivity index (χ0n) is 12.1. The Morgan fingerprint density at radius 1 is 1.42 bits per heavy atom. The first kappa shape index (κ1) is 13.0. The minimum atomic E-state index is 0.654. The van der Waals surface area contributed by atoms with E-state index in [4.69, 9.17) is 4.74 Å². The highest BCUT2D eigenvalue weighted by molar-refractivity contribution is 5.31. The second-order valence-corrected chi connectivity index (χ2v) is 6.17. The van der Waals surface area contributed by atoms with Crippen LogP contribution in [0, 0.1) is 18.8 Å². The topological polar surface area (TPSA) is 39.1 Å². The summed E-state index contributed by atoms with van der Waals surface area (Å²) in [6.07, 6.45) is 8.81. The summed E-state index contributed by atoms with van der Waals surface area (Å²) in [5.41, 5.74) is 1.10. The number of nitrogens with zero attached hydrogens (tertiary/aromatic N) is 2. The zero-order chi connectivity index (χ0) is 13.2. The molecule has 3 atom stereocenters. The second kappa shape index (κ2) is 5.53. The first-order valence-corrected chi connectivity index (χ1v) is 7.55. The Hall–Kier alpha value is -1.03. The molecule has 0 saturated heterocycles. The number of hydrogen-bond donors (Lipinski definition) is 1. The molecule has 2 saturated carbocycles. The molecule has 3 rings (SSSR count). The number of aryl methyl sites for hydroxylation is 2. The van der Waals surface area contributed by atoms with Crippen LogP contribution in [0.15, 0.2) is 6.20 Å². The van der Waals surface area contributed by atoms with E-state index in [1.165, 1.54) is 25.7 Å². The second-order valence-electron chi connectivity index (χ2n) is 6.17. The van der Waals surface area contributed by atoms with Crippen molar-refractivity contribution in [3.05, 3.63) is 11.9 Å². The fourth-order valence-corrected chi connectivity index (χ4v) is 3.80. The van der Waals surface area contributed by atoms with Gasteiger partial charge in [-0.3, -0.25) is 0 Å². The third-order valence-electron chi connectivity index (χ3n) is 4.70. The average Bonchev–Trinajstić information content (AvgIpc) is 3.06. The minimum Gasteiger partial charge on any atom is -0.385 e. The summed E-state index contributed by atoms with van der Waals surface area (Å²) in [5, 5.41) is 3.70. The van der Waals surface area contributed by atoms with Crippen molar-refractivity contribution in [2.75, 3.05) is 19.0 Å². The summed E-state index contributed by atoms with van der Waals surface area (Å²) < 4.78 is 7.38. The molecule has 3 unspecified atom stereocenters. The Balaban J connectivity index is 1.63. The predicted octanol–water partition coefficient (Wildman–Crippen LogP) is 2.83.